The van der Waals surface area contributed by atoms with E-state index < -0.39 is 12.1 Å². The van der Waals surface area contributed by atoms with Gasteiger partial charge in [0.05, 0.1) is 5.92 Å². The van der Waals surface area contributed by atoms with Crippen LogP contribution in [0, 0.1) is 11.8 Å². The fourth-order valence-corrected chi connectivity index (χ4v) is 1.28. The quantitative estimate of drug-likeness (QED) is 0.671. The lowest BCUT2D eigenvalue weighted by Crippen LogP contribution is -2.41. The van der Waals surface area contributed by atoms with Gasteiger partial charge >= 0.3 is 6.18 Å². The first-order valence-electron chi connectivity index (χ1n) is 3.32. The van der Waals surface area contributed by atoms with Gasteiger partial charge in [0, 0.05) is 0 Å². The topological polar surface area (TPSA) is 26.0 Å². The van der Waals surface area contributed by atoms with E-state index in [1.54, 1.807) is 0 Å². The molecule has 1 aliphatic carbocycles. The first-order chi connectivity index (χ1) is 4.55. The molecule has 11 heavy (non-hydrogen) atoms. The third kappa shape index (κ3) is 2.24. The van der Waals surface area contributed by atoms with Gasteiger partial charge in [0.25, 0.3) is 0 Å². The van der Waals surface area contributed by atoms with Gasteiger partial charge in [-0.25, -0.2) is 0 Å². The average molecular weight is 190 g/mol. The minimum Gasteiger partial charge on any atom is -0.330 e. The van der Waals surface area contributed by atoms with Crippen LogP contribution in [0.4, 0.5) is 13.2 Å². The molecule has 1 rings (SSSR count). The molecule has 1 aliphatic rings. The number of hydrogen-bond donors (Lipinski definition) is 1. The van der Waals surface area contributed by atoms with Crippen LogP contribution in [-0.2, 0) is 0 Å². The summed E-state index contributed by atoms with van der Waals surface area (Å²) < 4.78 is 35.6. The molecular formula is C6H11ClF3N. The van der Waals surface area contributed by atoms with Crippen molar-refractivity contribution in [2.24, 2.45) is 17.6 Å². The van der Waals surface area contributed by atoms with Gasteiger partial charge in [-0.3, -0.25) is 0 Å². The number of halogens is 4. The van der Waals surface area contributed by atoms with Crippen LogP contribution in [0.2, 0.25) is 0 Å². The van der Waals surface area contributed by atoms with Gasteiger partial charge in [0.15, 0.2) is 0 Å². The molecule has 5 heteroatoms. The maximum absolute atomic E-state index is 11.9. The summed E-state index contributed by atoms with van der Waals surface area (Å²) in [5.74, 6) is -1.42. The van der Waals surface area contributed by atoms with Gasteiger partial charge in [-0.2, -0.15) is 13.2 Å². The highest BCUT2D eigenvalue weighted by atomic mass is 35.5. The SMILES string of the molecule is Cl.NC[C@@H]1CC[C@@H]1C(F)(F)F. The highest BCUT2D eigenvalue weighted by molar-refractivity contribution is 5.85. The van der Waals surface area contributed by atoms with Crippen molar-refractivity contribution < 1.29 is 13.2 Å². The fraction of sp³-hybridized carbons (Fsp3) is 1.00. The normalized spacial score (nSPS) is 30.5. The van der Waals surface area contributed by atoms with E-state index in [1.807, 2.05) is 0 Å². The number of hydrogen-bond acceptors (Lipinski definition) is 1. The maximum atomic E-state index is 11.9. The molecule has 0 spiro atoms. The van der Waals surface area contributed by atoms with E-state index in [-0.39, 0.29) is 31.3 Å². The summed E-state index contributed by atoms with van der Waals surface area (Å²) in [7, 11) is 0. The Balaban J connectivity index is 0.000001000. The summed E-state index contributed by atoms with van der Waals surface area (Å²) >= 11 is 0. The molecule has 0 aromatic carbocycles. The standard InChI is InChI=1S/C6H10F3N.ClH/c7-6(8,9)5-2-1-4(5)3-10;/h4-5H,1-3,10H2;1H/t4-,5-;/m0./s1. The van der Waals surface area contributed by atoms with Gasteiger partial charge in [-0.05, 0) is 25.3 Å². The molecular weight excluding hydrogens is 179 g/mol. The molecule has 0 amide bonds. The summed E-state index contributed by atoms with van der Waals surface area (Å²) in [6.45, 7) is 0.171. The lowest BCUT2D eigenvalue weighted by molar-refractivity contribution is -0.211. The second-order valence-corrected chi connectivity index (χ2v) is 2.72. The molecule has 68 valence electrons. The Morgan fingerprint density at radius 2 is 1.82 bits per heavy atom. The Hall–Kier alpha value is 0.0400. The number of rotatable bonds is 1. The maximum Gasteiger partial charge on any atom is 0.392 e. The Labute approximate surface area is 69.5 Å². The largest absolute Gasteiger partial charge is 0.392 e. The minimum absolute atomic E-state index is 0. The Bertz CT molecular complexity index is 123. The van der Waals surface area contributed by atoms with E-state index in [2.05, 4.69) is 0 Å². The van der Waals surface area contributed by atoms with Crippen LogP contribution < -0.4 is 5.73 Å². The van der Waals surface area contributed by atoms with Crippen LogP contribution in [0.5, 0.6) is 0 Å². The zero-order valence-electron chi connectivity index (χ0n) is 5.90. The first kappa shape index (κ1) is 11.0. The third-order valence-electron chi connectivity index (χ3n) is 2.14. The molecule has 0 saturated heterocycles. The van der Waals surface area contributed by atoms with E-state index in [0.717, 1.165) is 0 Å². The molecule has 2 N–H and O–H groups in total. The molecule has 0 unspecified atom stereocenters. The minimum atomic E-state index is -4.01. The Morgan fingerprint density at radius 1 is 1.27 bits per heavy atom. The Kier molecular flexibility index (Phi) is 3.64. The second kappa shape index (κ2) is 3.63. The van der Waals surface area contributed by atoms with Gasteiger partial charge in [0.2, 0.25) is 0 Å². The summed E-state index contributed by atoms with van der Waals surface area (Å²) in [6, 6.07) is 0. The van der Waals surface area contributed by atoms with Gasteiger partial charge in [0.1, 0.15) is 0 Å². The van der Waals surface area contributed by atoms with E-state index >= 15 is 0 Å². The molecule has 0 bridgehead atoms. The van der Waals surface area contributed by atoms with Gasteiger partial charge in [-0.1, -0.05) is 0 Å². The van der Waals surface area contributed by atoms with Gasteiger partial charge in [-0.15, -0.1) is 12.4 Å². The molecule has 2 atom stereocenters. The van der Waals surface area contributed by atoms with Crippen molar-refractivity contribution in [1.29, 1.82) is 0 Å². The lowest BCUT2D eigenvalue weighted by atomic mass is 9.73. The van der Waals surface area contributed by atoms with Crippen LogP contribution in [0.25, 0.3) is 0 Å². The molecule has 0 aliphatic heterocycles. The van der Waals surface area contributed by atoms with Crippen LogP contribution in [0.3, 0.4) is 0 Å². The van der Waals surface area contributed by atoms with Crippen molar-refractivity contribution in [3.05, 3.63) is 0 Å². The summed E-state index contributed by atoms with van der Waals surface area (Å²) in [5, 5.41) is 0. The highest BCUT2D eigenvalue weighted by Crippen LogP contribution is 2.44. The number of alkyl halides is 3. The first-order valence-corrected chi connectivity index (χ1v) is 3.32. The predicted molar refractivity (Wildman–Crippen MR) is 38.6 cm³/mol. The number of nitrogens with two attached hydrogens (primary N) is 1. The van der Waals surface area contributed by atoms with Crippen molar-refractivity contribution in [2.75, 3.05) is 6.54 Å². The molecule has 1 nitrogen and oxygen atoms in total. The zero-order chi connectivity index (χ0) is 7.78. The molecule has 1 saturated carbocycles. The van der Waals surface area contributed by atoms with Crippen molar-refractivity contribution in [1.82, 2.24) is 0 Å². The summed E-state index contributed by atoms with van der Waals surface area (Å²) in [5.41, 5.74) is 5.12. The second-order valence-electron chi connectivity index (χ2n) is 2.72. The fourth-order valence-electron chi connectivity index (χ4n) is 1.28. The third-order valence-corrected chi connectivity index (χ3v) is 2.14. The predicted octanol–water partition coefficient (Wildman–Crippen LogP) is 1.96. The highest BCUT2D eigenvalue weighted by Gasteiger charge is 2.48. The van der Waals surface area contributed by atoms with Gasteiger partial charge < -0.3 is 5.73 Å². The van der Waals surface area contributed by atoms with E-state index in [9.17, 15) is 13.2 Å². The summed E-state index contributed by atoms with van der Waals surface area (Å²) in [6.07, 6.45) is -3.10. The smallest absolute Gasteiger partial charge is 0.330 e. The van der Waals surface area contributed by atoms with Crippen LogP contribution in [-0.4, -0.2) is 12.7 Å². The molecule has 0 aromatic heterocycles. The van der Waals surface area contributed by atoms with Crippen molar-refractivity contribution >= 4 is 12.4 Å². The van der Waals surface area contributed by atoms with E-state index in [4.69, 9.17) is 5.73 Å². The lowest BCUT2D eigenvalue weighted by Gasteiger charge is -2.36. The van der Waals surface area contributed by atoms with Crippen LogP contribution >= 0.6 is 12.4 Å². The zero-order valence-corrected chi connectivity index (χ0v) is 6.71. The average Bonchev–Trinajstić information content (AvgIpc) is 1.57. The van der Waals surface area contributed by atoms with Crippen LogP contribution in [0.15, 0.2) is 0 Å². The van der Waals surface area contributed by atoms with Crippen LogP contribution in [0.1, 0.15) is 12.8 Å². The van der Waals surface area contributed by atoms with E-state index in [0.29, 0.717) is 6.42 Å². The molecule has 0 radical (unpaired) electrons. The molecule has 0 heterocycles. The molecule has 1 fully saturated rings. The monoisotopic (exact) mass is 189 g/mol. The molecule has 0 aromatic rings. The van der Waals surface area contributed by atoms with E-state index in [1.165, 1.54) is 0 Å². The van der Waals surface area contributed by atoms with Crippen molar-refractivity contribution in [3.8, 4) is 0 Å². The Morgan fingerprint density at radius 3 is 1.91 bits per heavy atom. The van der Waals surface area contributed by atoms with Crippen molar-refractivity contribution in [3.63, 3.8) is 0 Å². The van der Waals surface area contributed by atoms with Crippen molar-refractivity contribution in [2.45, 2.75) is 19.0 Å². The summed E-state index contributed by atoms with van der Waals surface area (Å²) in [4.78, 5) is 0.